The highest BCUT2D eigenvalue weighted by molar-refractivity contribution is 8.26. The molecular weight excluding hydrogens is 326 g/mol. The highest BCUT2D eigenvalue weighted by Gasteiger charge is 2.33. The summed E-state index contributed by atoms with van der Waals surface area (Å²) in [5, 5.41) is 1.16. The van der Waals surface area contributed by atoms with Crippen molar-refractivity contribution in [2.45, 2.75) is 35.3 Å². The van der Waals surface area contributed by atoms with Gasteiger partial charge in [-0.05, 0) is 48.4 Å². The molecule has 2 aliphatic rings. The first-order valence-electron chi connectivity index (χ1n) is 6.57. The summed E-state index contributed by atoms with van der Waals surface area (Å²) in [5.41, 5.74) is 1.06. The molecule has 2 heterocycles. The van der Waals surface area contributed by atoms with Gasteiger partial charge < -0.3 is 0 Å². The van der Waals surface area contributed by atoms with Gasteiger partial charge in [-0.15, -0.1) is 11.8 Å². The van der Waals surface area contributed by atoms with Crippen molar-refractivity contribution in [2.24, 2.45) is 4.99 Å². The Labute approximate surface area is 132 Å². The Bertz CT molecular complexity index is 707. The molecule has 2 unspecified atom stereocenters. The molecule has 7 heteroatoms. The van der Waals surface area contributed by atoms with Crippen LogP contribution >= 0.6 is 23.5 Å². The lowest BCUT2D eigenvalue weighted by molar-refractivity contribution is 0.483. The summed E-state index contributed by atoms with van der Waals surface area (Å²) < 4.78 is 31.4. The lowest BCUT2D eigenvalue weighted by atomic mass is 10.1. The van der Waals surface area contributed by atoms with Crippen LogP contribution in [0.1, 0.15) is 18.9 Å². The van der Waals surface area contributed by atoms with Crippen molar-refractivity contribution in [1.82, 2.24) is 0 Å². The van der Waals surface area contributed by atoms with Crippen LogP contribution in [0, 0.1) is 0 Å². The van der Waals surface area contributed by atoms with Gasteiger partial charge in [0.2, 0.25) is 0 Å². The van der Waals surface area contributed by atoms with Crippen molar-refractivity contribution < 1.29 is 13.0 Å². The van der Waals surface area contributed by atoms with Crippen LogP contribution < -0.4 is 0 Å². The van der Waals surface area contributed by atoms with Gasteiger partial charge in [0.1, 0.15) is 0 Å². The molecule has 1 aromatic carbocycles. The standard InChI is InChI=1S/C14H15NO3S3/c1-9-15-13-8-11(20-14(13)19-9)5-2-10-3-6-12(7-4-10)21(16,17)18/h3-4,6-8,13-14H,2,5H2,1H3,(H,16,17,18). The number of allylic oxidation sites excluding steroid dienone is 1. The molecule has 0 saturated heterocycles. The number of rotatable bonds is 4. The van der Waals surface area contributed by atoms with E-state index in [1.807, 2.05) is 30.4 Å². The second-order valence-corrected chi connectivity index (χ2v) is 9.32. The van der Waals surface area contributed by atoms with Gasteiger partial charge in [0, 0.05) is 0 Å². The summed E-state index contributed by atoms with van der Waals surface area (Å²) in [5.74, 6) is 0. The van der Waals surface area contributed by atoms with E-state index in [4.69, 9.17) is 4.55 Å². The average molecular weight is 341 g/mol. The maximum Gasteiger partial charge on any atom is 0.294 e. The molecule has 21 heavy (non-hydrogen) atoms. The Balaban J connectivity index is 1.60. The molecular formula is C14H15NO3S3. The third-order valence-electron chi connectivity index (χ3n) is 3.40. The maximum atomic E-state index is 11.0. The highest BCUT2D eigenvalue weighted by atomic mass is 32.2. The van der Waals surface area contributed by atoms with Crippen LogP contribution in [0.2, 0.25) is 0 Å². The highest BCUT2D eigenvalue weighted by Crippen LogP contribution is 2.46. The third kappa shape index (κ3) is 3.53. The van der Waals surface area contributed by atoms with Gasteiger partial charge in [-0.2, -0.15) is 8.42 Å². The van der Waals surface area contributed by atoms with E-state index in [2.05, 4.69) is 11.1 Å². The Hall–Kier alpha value is -0.760. The summed E-state index contributed by atoms with van der Waals surface area (Å²) in [6.45, 7) is 2.05. The number of nitrogens with zero attached hydrogens (tertiary/aromatic N) is 1. The summed E-state index contributed by atoms with van der Waals surface area (Å²) in [7, 11) is -4.10. The zero-order valence-electron chi connectivity index (χ0n) is 11.4. The predicted octanol–water partition coefficient (Wildman–Crippen LogP) is 3.36. The third-order valence-corrected chi connectivity index (χ3v) is 6.96. The maximum absolute atomic E-state index is 11.0. The molecule has 0 fully saturated rings. The fourth-order valence-electron chi connectivity index (χ4n) is 2.37. The predicted molar refractivity (Wildman–Crippen MR) is 88.5 cm³/mol. The van der Waals surface area contributed by atoms with Crippen LogP contribution in [0.5, 0.6) is 0 Å². The van der Waals surface area contributed by atoms with Crippen LogP contribution in [0.15, 0.2) is 45.1 Å². The van der Waals surface area contributed by atoms with Gasteiger partial charge in [0.15, 0.2) is 0 Å². The Kier molecular flexibility index (Phi) is 4.18. The number of aryl methyl sites for hydroxylation is 1. The quantitative estimate of drug-likeness (QED) is 0.851. The lowest BCUT2D eigenvalue weighted by Crippen LogP contribution is -2.03. The normalized spacial score (nSPS) is 24.7. The van der Waals surface area contributed by atoms with Crippen LogP contribution in [0.3, 0.4) is 0 Å². The van der Waals surface area contributed by atoms with Gasteiger partial charge >= 0.3 is 0 Å². The molecule has 1 aromatic rings. The van der Waals surface area contributed by atoms with Crippen LogP contribution in [0.25, 0.3) is 0 Å². The Morgan fingerprint density at radius 2 is 1.90 bits per heavy atom. The molecule has 2 aliphatic heterocycles. The molecule has 0 saturated carbocycles. The molecule has 4 nitrogen and oxygen atoms in total. The minimum atomic E-state index is -4.10. The number of hydrogen-bond acceptors (Lipinski definition) is 5. The van der Waals surface area contributed by atoms with Crippen molar-refractivity contribution in [3.05, 3.63) is 40.8 Å². The van der Waals surface area contributed by atoms with Crippen molar-refractivity contribution >= 4 is 38.7 Å². The summed E-state index contributed by atoms with van der Waals surface area (Å²) in [6, 6.07) is 6.71. The Morgan fingerprint density at radius 1 is 1.19 bits per heavy atom. The number of aliphatic imine (C=N–C) groups is 1. The van der Waals surface area contributed by atoms with Gasteiger partial charge in [-0.25, -0.2) is 0 Å². The van der Waals surface area contributed by atoms with E-state index in [1.54, 1.807) is 12.1 Å². The second kappa shape index (κ2) is 5.79. The van der Waals surface area contributed by atoms with E-state index in [9.17, 15) is 8.42 Å². The first kappa shape index (κ1) is 15.1. The number of benzene rings is 1. The van der Waals surface area contributed by atoms with E-state index in [-0.39, 0.29) is 4.90 Å². The molecule has 0 aromatic heterocycles. The van der Waals surface area contributed by atoms with Crippen molar-refractivity contribution in [3.8, 4) is 0 Å². The molecule has 0 aliphatic carbocycles. The minimum absolute atomic E-state index is 0.0588. The van der Waals surface area contributed by atoms with E-state index in [1.165, 1.54) is 17.0 Å². The van der Waals surface area contributed by atoms with Gasteiger partial charge in [0.25, 0.3) is 10.1 Å². The fraction of sp³-hybridized carbons (Fsp3) is 0.357. The molecule has 0 spiro atoms. The summed E-state index contributed by atoms with van der Waals surface area (Å²) in [6.07, 6.45) is 4.04. The van der Waals surface area contributed by atoms with Crippen LogP contribution in [-0.2, 0) is 16.5 Å². The van der Waals surface area contributed by atoms with Gasteiger partial charge in [-0.3, -0.25) is 9.55 Å². The zero-order valence-corrected chi connectivity index (χ0v) is 13.8. The topological polar surface area (TPSA) is 66.7 Å². The zero-order chi connectivity index (χ0) is 15.0. The summed E-state index contributed by atoms with van der Waals surface area (Å²) >= 11 is 3.72. The lowest BCUT2D eigenvalue weighted by Gasteiger charge is -2.06. The molecule has 0 radical (unpaired) electrons. The SMILES string of the molecule is CC1=NC2C=C(CCc3ccc(S(=O)(=O)O)cc3)SC2S1. The van der Waals surface area contributed by atoms with Gasteiger partial charge in [0.05, 0.1) is 20.6 Å². The average Bonchev–Trinajstić information content (AvgIpc) is 2.92. The van der Waals surface area contributed by atoms with E-state index in [0.717, 1.165) is 23.4 Å². The van der Waals surface area contributed by atoms with Gasteiger partial charge in [-0.1, -0.05) is 23.9 Å². The Morgan fingerprint density at radius 3 is 2.52 bits per heavy atom. The van der Waals surface area contributed by atoms with Crippen LogP contribution in [-0.4, -0.2) is 28.6 Å². The number of thioether (sulfide) groups is 2. The van der Waals surface area contributed by atoms with E-state index in [0.29, 0.717) is 10.6 Å². The van der Waals surface area contributed by atoms with Crippen molar-refractivity contribution in [3.63, 3.8) is 0 Å². The molecule has 112 valence electrons. The fourth-order valence-corrected chi connectivity index (χ4v) is 5.64. The van der Waals surface area contributed by atoms with Crippen molar-refractivity contribution in [1.29, 1.82) is 0 Å². The number of hydrogen-bond donors (Lipinski definition) is 1. The smallest absolute Gasteiger partial charge is 0.282 e. The molecule has 1 N–H and O–H groups in total. The molecule has 3 rings (SSSR count). The van der Waals surface area contributed by atoms with E-state index >= 15 is 0 Å². The monoisotopic (exact) mass is 341 g/mol. The minimum Gasteiger partial charge on any atom is -0.282 e. The van der Waals surface area contributed by atoms with Crippen molar-refractivity contribution in [2.75, 3.05) is 0 Å². The number of fused-ring (bicyclic) bond motifs is 1. The van der Waals surface area contributed by atoms with Crippen LogP contribution in [0.4, 0.5) is 0 Å². The summed E-state index contributed by atoms with van der Waals surface area (Å²) in [4.78, 5) is 5.88. The molecule has 0 amide bonds. The molecule has 2 atom stereocenters. The second-order valence-electron chi connectivity index (χ2n) is 4.99. The first-order valence-corrected chi connectivity index (χ1v) is 9.76. The van der Waals surface area contributed by atoms with E-state index < -0.39 is 10.1 Å². The molecule has 0 bridgehead atoms. The first-order chi connectivity index (χ1) is 9.91. The largest absolute Gasteiger partial charge is 0.294 e.